The highest BCUT2D eigenvalue weighted by atomic mass is 15.2. The third-order valence-electron chi connectivity index (χ3n) is 4.11. The molecule has 0 aliphatic heterocycles. The molecule has 1 aromatic rings. The second-order valence-electron chi connectivity index (χ2n) is 6.25. The van der Waals surface area contributed by atoms with Crippen molar-refractivity contribution >= 4 is 5.82 Å². The summed E-state index contributed by atoms with van der Waals surface area (Å²) in [7, 11) is 2.24. The number of rotatable bonds is 6. The molecule has 1 fully saturated rings. The summed E-state index contributed by atoms with van der Waals surface area (Å²) in [5.41, 5.74) is 1.04. The van der Waals surface area contributed by atoms with Crippen molar-refractivity contribution in [2.75, 3.05) is 25.5 Å². The first-order valence-electron chi connectivity index (χ1n) is 7.86. The first kappa shape index (κ1) is 15.2. The SMILES string of the molecule is Cc1cc(NCCN(C)C2CCCC2)nc(C(C)C)n1. The van der Waals surface area contributed by atoms with Crippen LogP contribution >= 0.6 is 0 Å². The van der Waals surface area contributed by atoms with Crippen LogP contribution in [0.5, 0.6) is 0 Å². The molecule has 1 heterocycles. The molecule has 1 N–H and O–H groups in total. The Morgan fingerprint density at radius 2 is 2.00 bits per heavy atom. The lowest BCUT2D eigenvalue weighted by Gasteiger charge is -2.24. The summed E-state index contributed by atoms with van der Waals surface area (Å²) in [5.74, 6) is 2.26. The van der Waals surface area contributed by atoms with Crippen LogP contribution in [0.1, 0.15) is 57.0 Å². The number of hydrogen-bond donors (Lipinski definition) is 1. The normalized spacial score (nSPS) is 16.3. The standard InChI is InChI=1S/C16H28N4/c1-12(2)16-18-13(3)11-15(19-16)17-9-10-20(4)14-7-5-6-8-14/h11-12,14H,5-10H2,1-4H3,(H,17,18,19). The topological polar surface area (TPSA) is 41.0 Å². The first-order valence-corrected chi connectivity index (χ1v) is 7.86. The predicted molar refractivity (Wildman–Crippen MR) is 84.2 cm³/mol. The highest BCUT2D eigenvalue weighted by Gasteiger charge is 2.18. The van der Waals surface area contributed by atoms with Crippen molar-refractivity contribution in [3.05, 3.63) is 17.6 Å². The molecule has 20 heavy (non-hydrogen) atoms. The van der Waals surface area contributed by atoms with Crippen molar-refractivity contribution in [1.29, 1.82) is 0 Å². The Hall–Kier alpha value is -1.16. The Morgan fingerprint density at radius 1 is 1.30 bits per heavy atom. The molecule has 1 saturated carbocycles. The molecule has 2 rings (SSSR count). The Morgan fingerprint density at radius 3 is 2.65 bits per heavy atom. The quantitative estimate of drug-likeness (QED) is 0.866. The van der Waals surface area contributed by atoms with Gasteiger partial charge in [0.15, 0.2) is 0 Å². The third-order valence-corrected chi connectivity index (χ3v) is 4.11. The number of anilines is 1. The van der Waals surface area contributed by atoms with Crippen LogP contribution in [0, 0.1) is 6.92 Å². The van der Waals surface area contributed by atoms with Crippen molar-refractivity contribution in [2.24, 2.45) is 0 Å². The van der Waals surface area contributed by atoms with Gasteiger partial charge in [0, 0.05) is 36.8 Å². The van der Waals surface area contributed by atoms with Crippen LogP contribution in [-0.2, 0) is 0 Å². The van der Waals surface area contributed by atoms with Gasteiger partial charge in [0.05, 0.1) is 0 Å². The van der Waals surface area contributed by atoms with E-state index >= 15 is 0 Å². The van der Waals surface area contributed by atoms with Gasteiger partial charge in [0.2, 0.25) is 0 Å². The van der Waals surface area contributed by atoms with Crippen LogP contribution in [0.3, 0.4) is 0 Å². The Kier molecular flexibility index (Phi) is 5.35. The molecule has 0 radical (unpaired) electrons. The highest BCUT2D eigenvalue weighted by molar-refractivity contribution is 5.36. The fraction of sp³-hybridized carbons (Fsp3) is 0.750. The molecule has 0 amide bonds. The average Bonchev–Trinajstić information content (AvgIpc) is 2.91. The molecule has 0 saturated heterocycles. The van der Waals surface area contributed by atoms with E-state index in [1.807, 2.05) is 13.0 Å². The Bertz CT molecular complexity index is 424. The van der Waals surface area contributed by atoms with E-state index in [-0.39, 0.29) is 0 Å². The molecule has 112 valence electrons. The van der Waals surface area contributed by atoms with E-state index in [1.54, 1.807) is 0 Å². The lowest BCUT2D eigenvalue weighted by Crippen LogP contribution is -2.33. The van der Waals surface area contributed by atoms with E-state index in [9.17, 15) is 0 Å². The second-order valence-corrected chi connectivity index (χ2v) is 6.25. The smallest absolute Gasteiger partial charge is 0.133 e. The first-order chi connectivity index (χ1) is 9.56. The van der Waals surface area contributed by atoms with E-state index in [0.717, 1.165) is 36.5 Å². The van der Waals surface area contributed by atoms with Crippen LogP contribution in [0.2, 0.25) is 0 Å². The van der Waals surface area contributed by atoms with Crippen molar-refractivity contribution in [2.45, 2.75) is 58.4 Å². The minimum atomic E-state index is 0.372. The van der Waals surface area contributed by atoms with E-state index in [0.29, 0.717) is 5.92 Å². The molecule has 1 aliphatic rings. The van der Waals surface area contributed by atoms with Crippen LogP contribution < -0.4 is 5.32 Å². The second kappa shape index (κ2) is 7.02. The zero-order chi connectivity index (χ0) is 14.5. The van der Waals surface area contributed by atoms with Gasteiger partial charge >= 0.3 is 0 Å². The van der Waals surface area contributed by atoms with Crippen molar-refractivity contribution < 1.29 is 0 Å². The van der Waals surface area contributed by atoms with E-state index in [4.69, 9.17) is 0 Å². The summed E-state index contributed by atoms with van der Waals surface area (Å²) >= 11 is 0. The molecular weight excluding hydrogens is 248 g/mol. The molecule has 4 heteroatoms. The molecule has 0 unspecified atom stereocenters. The maximum Gasteiger partial charge on any atom is 0.133 e. The van der Waals surface area contributed by atoms with Gasteiger partial charge in [-0.3, -0.25) is 0 Å². The molecule has 0 spiro atoms. The van der Waals surface area contributed by atoms with Crippen LogP contribution in [0.15, 0.2) is 6.07 Å². The number of hydrogen-bond acceptors (Lipinski definition) is 4. The lowest BCUT2D eigenvalue weighted by molar-refractivity contribution is 0.254. The average molecular weight is 276 g/mol. The van der Waals surface area contributed by atoms with Gasteiger partial charge in [-0.2, -0.15) is 0 Å². The maximum absolute atomic E-state index is 4.59. The van der Waals surface area contributed by atoms with Gasteiger partial charge in [-0.05, 0) is 26.8 Å². The number of aryl methyl sites for hydroxylation is 1. The Labute approximate surface area is 123 Å². The highest BCUT2D eigenvalue weighted by Crippen LogP contribution is 2.22. The largest absolute Gasteiger partial charge is 0.369 e. The molecular formula is C16H28N4. The molecule has 1 aliphatic carbocycles. The van der Waals surface area contributed by atoms with Gasteiger partial charge in [-0.1, -0.05) is 26.7 Å². The van der Waals surface area contributed by atoms with Gasteiger partial charge in [0.1, 0.15) is 11.6 Å². The van der Waals surface area contributed by atoms with E-state index < -0.39 is 0 Å². The minimum Gasteiger partial charge on any atom is -0.369 e. The third kappa shape index (κ3) is 4.17. The lowest BCUT2D eigenvalue weighted by atomic mass is 10.2. The molecule has 0 bridgehead atoms. The number of likely N-dealkylation sites (N-methyl/N-ethyl adjacent to an activating group) is 1. The zero-order valence-corrected chi connectivity index (χ0v) is 13.3. The van der Waals surface area contributed by atoms with Gasteiger partial charge < -0.3 is 10.2 Å². The van der Waals surface area contributed by atoms with Crippen LogP contribution in [-0.4, -0.2) is 41.0 Å². The fourth-order valence-corrected chi connectivity index (χ4v) is 2.83. The molecule has 0 aromatic carbocycles. The molecule has 1 aromatic heterocycles. The van der Waals surface area contributed by atoms with E-state index in [1.165, 1.54) is 25.7 Å². The number of nitrogens with zero attached hydrogens (tertiary/aromatic N) is 3. The van der Waals surface area contributed by atoms with Gasteiger partial charge in [0.25, 0.3) is 0 Å². The fourth-order valence-electron chi connectivity index (χ4n) is 2.83. The van der Waals surface area contributed by atoms with Crippen LogP contribution in [0.25, 0.3) is 0 Å². The maximum atomic E-state index is 4.59. The summed E-state index contributed by atoms with van der Waals surface area (Å²) in [6, 6.07) is 2.82. The van der Waals surface area contributed by atoms with Gasteiger partial charge in [-0.25, -0.2) is 9.97 Å². The van der Waals surface area contributed by atoms with Gasteiger partial charge in [-0.15, -0.1) is 0 Å². The predicted octanol–water partition coefficient (Wildman–Crippen LogP) is 3.19. The minimum absolute atomic E-state index is 0.372. The summed E-state index contributed by atoms with van der Waals surface area (Å²) in [4.78, 5) is 11.5. The van der Waals surface area contributed by atoms with Crippen molar-refractivity contribution in [3.63, 3.8) is 0 Å². The molecule has 0 atom stereocenters. The zero-order valence-electron chi connectivity index (χ0n) is 13.3. The van der Waals surface area contributed by atoms with Crippen LogP contribution in [0.4, 0.5) is 5.82 Å². The van der Waals surface area contributed by atoms with Crippen molar-refractivity contribution in [3.8, 4) is 0 Å². The molecule has 4 nitrogen and oxygen atoms in total. The summed E-state index contributed by atoms with van der Waals surface area (Å²) in [6.07, 6.45) is 5.51. The monoisotopic (exact) mass is 276 g/mol. The Balaban J connectivity index is 1.84. The van der Waals surface area contributed by atoms with Crippen molar-refractivity contribution in [1.82, 2.24) is 14.9 Å². The van der Waals surface area contributed by atoms with E-state index in [2.05, 4.69) is 41.1 Å². The number of aromatic nitrogens is 2. The summed E-state index contributed by atoms with van der Waals surface area (Å²) in [5, 5.41) is 3.44. The summed E-state index contributed by atoms with van der Waals surface area (Å²) in [6.45, 7) is 8.31. The summed E-state index contributed by atoms with van der Waals surface area (Å²) < 4.78 is 0. The number of nitrogens with one attached hydrogen (secondary N) is 1.